The molecule has 4 nitrogen and oxygen atoms in total. The topological polar surface area (TPSA) is 50.9 Å². The molecule has 0 fully saturated rings. The zero-order chi connectivity index (χ0) is 49.2. The number of phenolic OH excluding ortho intramolecular Hbond substituents is 1. The van der Waals surface area contributed by atoms with E-state index >= 15 is 0 Å². The summed E-state index contributed by atoms with van der Waals surface area (Å²) in [7, 11) is 0. The van der Waals surface area contributed by atoms with Gasteiger partial charge in [-0.25, -0.2) is 4.98 Å². The number of hydrogen-bond acceptors (Lipinski definition) is 3. The second-order valence-electron chi connectivity index (χ2n) is 23.0. The first-order valence-electron chi connectivity index (χ1n) is 24.4. The summed E-state index contributed by atoms with van der Waals surface area (Å²) in [5.41, 5.74) is 18.8. The van der Waals surface area contributed by atoms with E-state index in [1.807, 2.05) is 6.20 Å². The monoisotopic (exact) mass is 1100 g/mol. The molecule has 1 N–H and O–H groups in total. The van der Waals surface area contributed by atoms with E-state index in [1.54, 1.807) is 0 Å². The molecule has 0 bridgehead atoms. The van der Waals surface area contributed by atoms with Crippen LogP contribution >= 0.6 is 0 Å². The largest absolute Gasteiger partial charge is 0.507 e. The van der Waals surface area contributed by atoms with Gasteiger partial charge in [0, 0.05) is 44.1 Å². The minimum atomic E-state index is -0.346. The van der Waals surface area contributed by atoms with Crippen molar-refractivity contribution in [2.75, 3.05) is 0 Å². The van der Waals surface area contributed by atoms with Gasteiger partial charge in [-0.1, -0.05) is 203 Å². The van der Waals surface area contributed by atoms with Crippen LogP contribution < -0.4 is 0 Å². The number of imidazole rings is 1. The van der Waals surface area contributed by atoms with Crippen LogP contribution in [0.25, 0.3) is 83.9 Å². The van der Waals surface area contributed by atoms with Crippen molar-refractivity contribution in [1.29, 1.82) is 0 Å². The van der Waals surface area contributed by atoms with E-state index < -0.39 is 0 Å². The number of hydrogen-bond donors (Lipinski definition) is 1. The molecule has 0 aliphatic carbocycles. The molecule has 0 atom stereocenters. The summed E-state index contributed by atoms with van der Waals surface area (Å²) >= 11 is 0. The van der Waals surface area contributed by atoms with Crippen molar-refractivity contribution in [3.8, 4) is 78.6 Å². The standard InChI is InChI=1S/C65H66N3O.Pt/c1-41-33-53(44-23-18-15-19-24-44)58(40-52(41)43-21-16-14-17-22-43)68-57-26-20-25-51(59(57)67-61(68)54-38-50(64(8,9)10)39-55(60(54)69)65(11,12)13)46-34-47(36-49(35-46)63(5,6)7)56-37-45(31-32-66-56)42-27-29-48(30-28-42)62(2,3)4;/h14-33,35-40,69H,1-13H3;/q-1;. The van der Waals surface area contributed by atoms with Gasteiger partial charge in [-0.3, -0.25) is 9.55 Å². The minimum absolute atomic E-state index is 0. The predicted molar refractivity (Wildman–Crippen MR) is 292 cm³/mol. The van der Waals surface area contributed by atoms with Crippen LogP contribution in [-0.2, 0) is 42.7 Å². The summed E-state index contributed by atoms with van der Waals surface area (Å²) in [4.78, 5) is 10.7. The molecule has 7 aromatic carbocycles. The van der Waals surface area contributed by atoms with E-state index in [4.69, 9.17) is 9.97 Å². The maximum absolute atomic E-state index is 12.7. The second-order valence-corrected chi connectivity index (χ2v) is 23.0. The van der Waals surface area contributed by atoms with Crippen LogP contribution in [0, 0.1) is 13.0 Å². The smallest absolute Gasteiger partial charge is 0.148 e. The zero-order valence-electron chi connectivity index (χ0n) is 43.1. The first-order chi connectivity index (χ1) is 32.6. The molecule has 0 spiro atoms. The summed E-state index contributed by atoms with van der Waals surface area (Å²) in [5.74, 6) is 0.915. The minimum Gasteiger partial charge on any atom is -0.507 e. The average Bonchev–Trinajstić information content (AvgIpc) is 3.70. The van der Waals surface area contributed by atoms with Gasteiger partial charge in [-0.2, -0.15) is 0 Å². The molecule has 0 aliphatic rings. The fraction of sp³-hybridized carbons (Fsp3) is 0.262. The normalized spacial score (nSPS) is 12.3. The number of pyridine rings is 1. The molecular formula is C65H66N3OPt-. The maximum atomic E-state index is 12.7. The second kappa shape index (κ2) is 18.8. The van der Waals surface area contributed by atoms with Crippen LogP contribution in [0.2, 0.25) is 0 Å². The molecular weight excluding hydrogens is 1030 g/mol. The third-order valence-corrected chi connectivity index (χ3v) is 13.6. The first kappa shape index (κ1) is 50.0. The molecule has 2 aromatic heterocycles. The van der Waals surface area contributed by atoms with Crippen LogP contribution in [0.1, 0.15) is 111 Å². The quantitative estimate of drug-likeness (QED) is 0.162. The Balaban J connectivity index is 0.00000659. The Labute approximate surface area is 431 Å². The fourth-order valence-corrected chi connectivity index (χ4v) is 9.42. The van der Waals surface area contributed by atoms with Gasteiger partial charge in [0.2, 0.25) is 0 Å². The Morgan fingerprint density at radius 1 is 0.471 bits per heavy atom. The number of aryl methyl sites for hydroxylation is 1. The number of nitrogens with zero attached hydrogens (tertiary/aromatic N) is 3. The van der Waals surface area contributed by atoms with Crippen LogP contribution in [0.5, 0.6) is 5.75 Å². The molecule has 0 amide bonds. The van der Waals surface area contributed by atoms with Gasteiger partial charge in [-0.15, -0.1) is 29.3 Å². The van der Waals surface area contributed by atoms with Crippen molar-refractivity contribution in [2.24, 2.45) is 0 Å². The molecule has 0 unspecified atom stereocenters. The van der Waals surface area contributed by atoms with E-state index in [-0.39, 0.29) is 48.5 Å². The predicted octanol–water partition coefficient (Wildman–Crippen LogP) is 17.4. The molecule has 0 aliphatic heterocycles. The third-order valence-electron chi connectivity index (χ3n) is 13.6. The van der Waals surface area contributed by atoms with Crippen molar-refractivity contribution < 1.29 is 26.2 Å². The van der Waals surface area contributed by atoms with E-state index in [1.165, 1.54) is 16.7 Å². The van der Waals surface area contributed by atoms with Gasteiger partial charge in [-0.05, 0) is 103 Å². The number of benzene rings is 7. The summed E-state index contributed by atoms with van der Waals surface area (Å²) < 4.78 is 2.30. The zero-order valence-corrected chi connectivity index (χ0v) is 45.4. The summed E-state index contributed by atoms with van der Waals surface area (Å²) in [6.07, 6.45) is 1.91. The average molecular weight is 1100 g/mol. The fourth-order valence-electron chi connectivity index (χ4n) is 9.42. The van der Waals surface area contributed by atoms with Crippen molar-refractivity contribution in [3.05, 3.63) is 192 Å². The molecule has 358 valence electrons. The van der Waals surface area contributed by atoms with Crippen molar-refractivity contribution >= 4 is 11.0 Å². The number of aromatic hydroxyl groups is 1. The van der Waals surface area contributed by atoms with Crippen LogP contribution in [0.4, 0.5) is 0 Å². The Morgan fingerprint density at radius 2 is 1.06 bits per heavy atom. The number of rotatable bonds is 7. The Bertz CT molecular complexity index is 3350. The van der Waals surface area contributed by atoms with Gasteiger partial charge >= 0.3 is 0 Å². The SMILES string of the molecule is Cc1cc(-c2ccccc2)c(-n2c(-c3cc(C(C)(C)C)cc(C(C)(C)C)c3O)nc3c(-c4[c-]c(-c5cc(-c6ccc(C(C)(C)C)cc6)ccn5)cc(C(C)(C)C)c4)cccc32)cc1-c1ccccc1.[Pt]. The Hall–Kier alpha value is -6.35. The molecule has 9 aromatic rings. The summed E-state index contributed by atoms with van der Waals surface area (Å²) in [6.45, 7) is 28.9. The molecule has 0 saturated heterocycles. The summed E-state index contributed by atoms with van der Waals surface area (Å²) in [5, 5.41) is 12.7. The van der Waals surface area contributed by atoms with Crippen molar-refractivity contribution in [3.63, 3.8) is 0 Å². The molecule has 9 rings (SSSR count). The molecule has 2 heterocycles. The van der Waals surface area contributed by atoms with Gasteiger partial charge in [0.25, 0.3) is 0 Å². The van der Waals surface area contributed by atoms with Crippen molar-refractivity contribution in [2.45, 2.75) is 112 Å². The number of aromatic nitrogens is 3. The van der Waals surface area contributed by atoms with E-state index in [9.17, 15) is 5.11 Å². The maximum Gasteiger partial charge on any atom is 0.148 e. The molecule has 5 heteroatoms. The van der Waals surface area contributed by atoms with Gasteiger partial charge in [0.05, 0.1) is 22.3 Å². The van der Waals surface area contributed by atoms with Crippen molar-refractivity contribution in [1.82, 2.24) is 14.5 Å². The molecule has 0 radical (unpaired) electrons. The number of phenols is 1. The molecule has 70 heavy (non-hydrogen) atoms. The number of fused-ring (bicyclic) bond motifs is 1. The third kappa shape index (κ3) is 9.86. The molecule has 0 saturated carbocycles. The van der Waals surface area contributed by atoms with Crippen LogP contribution in [-0.4, -0.2) is 19.6 Å². The first-order valence-corrected chi connectivity index (χ1v) is 24.4. The van der Waals surface area contributed by atoms with Gasteiger partial charge in [0.1, 0.15) is 11.6 Å². The van der Waals surface area contributed by atoms with Crippen LogP contribution in [0.15, 0.2) is 158 Å². The van der Waals surface area contributed by atoms with Gasteiger partial charge in [0.15, 0.2) is 0 Å². The van der Waals surface area contributed by atoms with Gasteiger partial charge < -0.3 is 5.11 Å². The van der Waals surface area contributed by atoms with E-state index in [0.717, 1.165) is 83.6 Å². The Kier molecular flexibility index (Phi) is 13.4. The number of para-hydroxylation sites is 1. The Morgan fingerprint density at radius 3 is 1.66 bits per heavy atom. The van der Waals surface area contributed by atoms with Crippen LogP contribution in [0.3, 0.4) is 0 Å². The summed E-state index contributed by atoms with van der Waals surface area (Å²) in [6, 6.07) is 58.3. The van der Waals surface area contributed by atoms with E-state index in [0.29, 0.717) is 11.4 Å². The van der Waals surface area contributed by atoms with E-state index in [2.05, 4.69) is 252 Å².